The van der Waals surface area contributed by atoms with Gasteiger partial charge in [-0.2, -0.15) is 0 Å². The Hall–Kier alpha value is -1.29. The first-order valence-corrected chi connectivity index (χ1v) is 7.19. The van der Waals surface area contributed by atoms with Gasteiger partial charge in [-0.25, -0.2) is 10.6 Å². The molecule has 0 bridgehead atoms. The van der Waals surface area contributed by atoms with Crippen molar-refractivity contribution in [1.29, 1.82) is 0 Å². The Kier molecular flexibility index (Phi) is 14.6. The Bertz CT molecular complexity index is 392. The van der Waals surface area contributed by atoms with Gasteiger partial charge in [0, 0.05) is 16.8 Å². The summed E-state index contributed by atoms with van der Waals surface area (Å²) >= 11 is 0. The van der Waals surface area contributed by atoms with E-state index >= 15 is 0 Å². The number of ether oxygens (including phenoxy) is 2. The van der Waals surface area contributed by atoms with E-state index in [1.807, 2.05) is 0 Å². The standard InChI is InChI=1S/C15H22N2O6.Co/c1-5-22-14(20)12(10(3)18)7-16-9-17-8-13(11(4)19)15(21)23-6-2;/h7-8,12-13H,5-6,9H2,1-4H3;. The zero-order chi connectivity index (χ0) is 17.8. The number of nitrogens with zero attached hydrogens (tertiary/aromatic N) is 2. The maximum Gasteiger partial charge on any atom is 0.318 e. The molecule has 0 heterocycles. The first kappa shape index (κ1) is 25.0. The van der Waals surface area contributed by atoms with Crippen molar-refractivity contribution in [3.63, 3.8) is 0 Å². The number of Topliss-reactive ketones (excluding diaryl/α,β-unsaturated/α-hetero) is 2. The van der Waals surface area contributed by atoms with E-state index in [2.05, 4.69) is 10.6 Å². The zero-order valence-corrected chi connectivity index (χ0v) is 15.1. The fourth-order valence-corrected chi connectivity index (χ4v) is 1.48. The van der Waals surface area contributed by atoms with E-state index in [0.29, 0.717) is 0 Å². The Morgan fingerprint density at radius 2 is 1.17 bits per heavy atom. The molecule has 0 amide bonds. The third kappa shape index (κ3) is 9.76. The van der Waals surface area contributed by atoms with Crippen LogP contribution in [-0.4, -0.2) is 43.4 Å². The number of carbonyl (C=O) groups is 4. The summed E-state index contributed by atoms with van der Waals surface area (Å²) < 4.78 is 9.51. The van der Waals surface area contributed by atoms with Gasteiger partial charge in [0.1, 0.15) is 23.4 Å². The van der Waals surface area contributed by atoms with Crippen molar-refractivity contribution in [2.45, 2.75) is 27.7 Å². The van der Waals surface area contributed by atoms with Crippen molar-refractivity contribution in [3.8, 4) is 0 Å². The summed E-state index contributed by atoms with van der Waals surface area (Å²) in [5.41, 5.74) is 0. The molecule has 0 aliphatic carbocycles. The minimum absolute atomic E-state index is 0. The average Bonchev–Trinajstić information content (AvgIpc) is 2.45. The van der Waals surface area contributed by atoms with Gasteiger partial charge in [0.05, 0.1) is 33.0 Å². The monoisotopic (exact) mass is 385 g/mol. The van der Waals surface area contributed by atoms with Gasteiger partial charge in [0.2, 0.25) is 0 Å². The van der Waals surface area contributed by atoms with Crippen LogP contribution in [0, 0.1) is 24.9 Å². The molecule has 2 unspecified atom stereocenters. The van der Waals surface area contributed by atoms with E-state index in [1.54, 1.807) is 13.8 Å². The van der Waals surface area contributed by atoms with E-state index in [4.69, 9.17) is 9.47 Å². The van der Waals surface area contributed by atoms with Gasteiger partial charge in [-0.15, -0.1) is 0 Å². The number of ketones is 2. The van der Waals surface area contributed by atoms with Crippen LogP contribution in [0.2, 0.25) is 0 Å². The van der Waals surface area contributed by atoms with Crippen LogP contribution < -0.4 is 10.6 Å². The largest absolute Gasteiger partial charge is 0.465 e. The van der Waals surface area contributed by atoms with E-state index in [0.717, 1.165) is 13.1 Å². The molecule has 0 fully saturated rings. The van der Waals surface area contributed by atoms with Crippen molar-refractivity contribution >= 4 is 23.5 Å². The van der Waals surface area contributed by atoms with Crippen LogP contribution in [0.3, 0.4) is 0 Å². The third-order valence-electron chi connectivity index (χ3n) is 2.63. The first-order valence-electron chi connectivity index (χ1n) is 7.19. The molecule has 8 nitrogen and oxygen atoms in total. The van der Waals surface area contributed by atoms with Gasteiger partial charge in [-0.1, -0.05) is 0 Å². The third-order valence-corrected chi connectivity index (χ3v) is 2.63. The van der Waals surface area contributed by atoms with E-state index in [9.17, 15) is 19.2 Å². The molecule has 0 rings (SSSR count). The van der Waals surface area contributed by atoms with Crippen molar-refractivity contribution in [3.05, 3.63) is 13.1 Å². The number of hydrogen-bond donors (Lipinski definition) is 0. The summed E-state index contributed by atoms with van der Waals surface area (Å²) in [5.74, 6) is -4.33. The minimum atomic E-state index is -1.08. The maximum absolute atomic E-state index is 11.5. The molecule has 24 heavy (non-hydrogen) atoms. The van der Waals surface area contributed by atoms with Gasteiger partial charge in [-0.3, -0.25) is 19.2 Å². The van der Waals surface area contributed by atoms with Crippen molar-refractivity contribution < 1.29 is 45.4 Å². The van der Waals surface area contributed by atoms with Crippen LogP contribution in [0.15, 0.2) is 0 Å². The average molecular weight is 385 g/mol. The Labute approximate surface area is 152 Å². The Morgan fingerprint density at radius 1 is 0.833 bits per heavy atom. The summed E-state index contributed by atoms with van der Waals surface area (Å²) in [7, 11) is 0. The van der Waals surface area contributed by atoms with Crippen molar-refractivity contribution in [2.75, 3.05) is 19.9 Å². The SMILES string of the molecule is CCOC(=O)C([CH][N]C[N][CH]C(C(C)=O)C(=O)OCC)C(C)=O.[Co]. The summed E-state index contributed by atoms with van der Waals surface area (Å²) in [4.78, 5) is 45.7. The predicted octanol–water partition coefficient (Wildman–Crippen LogP) is 0.0104. The van der Waals surface area contributed by atoms with Gasteiger partial charge < -0.3 is 9.47 Å². The number of esters is 2. The summed E-state index contributed by atoms with van der Waals surface area (Å²) in [6.45, 7) is 8.25. The fraction of sp³-hybridized carbons (Fsp3) is 0.600. The van der Waals surface area contributed by atoms with Crippen molar-refractivity contribution in [1.82, 2.24) is 10.6 Å². The molecule has 0 spiro atoms. The minimum Gasteiger partial charge on any atom is -0.465 e. The molecule has 0 aromatic carbocycles. The normalized spacial score (nSPS) is 12.5. The molecule has 0 N–H and O–H groups in total. The molecule has 137 valence electrons. The number of rotatable bonds is 12. The van der Waals surface area contributed by atoms with Crippen LogP contribution >= 0.6 is 0 Å². The van der Waals surface area contributed by atoms with Gasteiger partial charge in [0.25, 0.3) is 0 Å². The predicted molar refractivity (Wildman–Crippen MR) is 79.3 cm³/mol. The van der Waals surface area contributed by atoms with Crippen LogP contribution in [0.25, 0.3) is 0 Å². The van der Waals surface area contributed by atoms with E-state index < -0.39 is 35.3 Å². The fourth-order valence-electron chi connectivity index (χ4n) is 1.48. The molecular formula is C15H22CoN2O6. The van der Waals surface area contributed by atoms with Crippen LogP contribution in [0.4, 0.5) is 0 Å². The second-order valence-corrected chi connectivity index (χ2v) is 4.49. The molecule has 0 aromatic rings. The Morgan fingerprint density at radius 3 is 1.42 bits per heavy atom. The summed E-state index contributed by atoms with van der Waals surface area (Å²) in [5, 5.41) is 7.65. The first-order chi connectivity index (χ1) is 10.8. The Balaban J connectivity index is 0. The number of carbonyl (C=O) groups excluding carboxylic acids is 4. The van der Waals surface area contributed by atoms with Crippen LogP contribution in [0.1, 0.15) is 27.7 Å². The van der Waals surface area contributed by atoms with Crippen LogP contribution in [-0.2, 0) is 45.4 Å². The molecule has 0 aliphatic rings. The smallest absolute Gasteiger partial charge is 0.318 e. The molecule has 0 saturated heterocycles. The molecule has 9 heteroatoms. The maximum atomic E-state index is 11.5. The molecule has 2 atom stereocenters. The second-order valence-electron chi connectivity index (χ2n) is 4.49. The van der Waals surface area contributed by atoms with Crippen LogP contribution in [0.5, 0.6) is 0 Å². The molecule has 0 saturated carbocycles. The molecule has 0 aliphatic heterocycles. The number of hydrogen-bond acceptors (Lipinski definition) is 6. The summed E-state index contributed by atoms with van der Waals surface area (Å²) in [6.07, 6.45) is 0. The summed E-state index contributed by atoms with van der Waals surface area (Å²) in [6, 6.07) is 0. The van der Waals surface area contributed by atoms with Gasteiger partial charge in [0.15, 0.2) is 0 Å². The molecule has 0 aromatic heterocycles. The molecule has 5 radical (unpaired) electrons. The topological polar surface area (TPSA) is 115 Å². The van der Waals surface area contributed by atoms with Gasteiger partial charge in [-0.05, 0) is 27.7 Å². The van der Waals surface area contributed by atoms with E-state index in [1.165, 1.54) is 13.8 Å². The van der Waals surface area contributed by atoms with Crippen molar-refractivity contribution in [2.24, 2.45) is 11.8 Å². The van der Waals surface area contributed by atoms with Gasteiger partial charge >= 0.3 is 11.9 Å². The zero-order valence-electron chi connectivity index (χ0n) is 14.1. The molecular weight excluding hydrogens is 363 g/mol. The van der Waals surface area contributed by atoms with E-state index in [-0.39, 0.29) is 36.7 Å². The second kappa shape index (κ2) is 14.1. The quantitative estimate of drug-likeness (QED) is 0.266.